The molecule has 0 aromatic rings. The molecule has 0 radical (unpaired) electrons. The van der Waals surface area contributed by atoms with Crippen molar-refractivity contribution < 1.29 is 26.7 Å². The van der Waals surface area contributed by atoms with E-state index in [2.05, 4.69) is 0 Å². The fourth-order valence-electron chi connectivity index (χ4n) is 1.71. The molecule has 1 fully saturated rings. The monoisotopic (exact) mass is 216 g/mol. The normalized spacial score (nSPS) is 29.7. The molecule has 82 valence electrons. The van der Waals surface area contributed by atoms with Gasteiger partial charge in [-0.05, 0) is 6.42 Å². The summed E-state index contributed by atoms with van der Waals surface area (Å²) in [7, 11) is 0. The third-order valence-corrected chi connectivity index (χ3v) is 2.46. The van der Waals surface area contributed by atoms with Gasteiger partial charge >= 0.3 is 6.18 Å². The minimum Gasteiger partial charge on any atom is -0.300 e. The summed E-state index contributed by atoms with van der Waals surface area (Å²) in [5.74, 6) is -4.38. The van der Waals surface area contributed by atoms with Crippen molar-refractivity contribution in [2.75, 3.05) is 0 Å². The second kappa shape index (κ2) is 3.82. The topological polar surface area (TPSA) is 17.1 Å². The van der Waals surface area contributed by atoms with Gasteiger partial charge in [-0.2, -0.15) is 13.2 Å². The van der Waals surface area contributed by atoms with E-state index in [1.54, 1.807) is 0 Å². The zero-order valence-electron chi connectivity index (χ0n) is 7.15. The highest BCUT2D eigenvalue weighted by atomic mass is 19.4. The Labute approximate surface area is 77.3 Å². The van der Waals surface area contributed by atoms with Crippen molar-refractivity contribution in [2.24, 2.45) is 11.8 Å². The maximum absolute atomic E-state index is 12.2. The second-order valence-electron chi connectivity index (χ2n) is 3.43. The molecule has 1 nitrogen and oxygen atoms in total. The van der Waals surface area contributed by atoms with Gasteiger partial charge in [-0.3, -0.25) is 4.79 Å². The zero-order chi connectivity index (χ0) is 10.9. The predicted octanol–water partition coefficient (Wildman–Crippen LogP) is 2.80. The van der Waals surface area contributed by atoms with Gasteiger partial charge < -0.3 is 0 Å². The molecule has 0 N–H and O–H groups in total. The van der Waals surface area contributed by atoms with Gasteiger partial charge in [0.25, 0.3) is 0 Å². The van der Waals surface area contributed by atoms with Gasteiger partial charge in [0.15, 0.2) is 0 Å². The lowest BCUT2D eigenvalue weighted by Gasteiger charge is -2.31. The van der Waals surface area contributed by atoms with E-state index in [1.807, 2.05) is 0 Å². The molecule has 0 bridgehead atoms. The first-order valence-electron chi connectivity index (χ1n) is 4.19. The molecule has 1 saturated carbocycles. The highest BCUT2D eigenvalue weighted by Crippen LogP contribution is 2.42. The van der Waals surface area contributed by atoms with E-state index in [0.29, 0.717) is 0 Å². The van der Waals surface area contributed by atoms with Crippen molar-refractivity contribution in [2.45, 2.75) is 31.9 Å². The van der Waals surface area contributed by atoms with Crippen molar-refractivity contribution in [3.8, 4) is 0 Å². The smallest absolute Gasteiger partial charge is 0.300 e. The third kappa shape index (κ3) is 2.42. The summed E-state index contributed by atoms with van der Waals surface area (Å²) in [5.41, 5.74) is 0. The van der Waals surface area contributed by atoms with Gasteiger partial charge in [0, 0.05) is 18.8 Å². The number of ketones is 1. The minimum atomic E-state index is -4.62. The highest BCUT2D eigenvalue weighted by Gasteiger charge is 2.50. The van der Waals surface area contributed by atoms with Crippen LogP contribution in [0.1, 0.15) is 19.3 Å². The largest absolute Gasteiger partial charge is 0.392 e. The summed E-state index contributed by atoms with van der Waals surface area (Å²) in [4.78, 5) is 10.7. The van der Waals surface area contributed by atoms with Gasteiger partial charge in [-0.15, -0.1) is 0 Å². The number of hydrogen-bond acceptors (Lipinski definition) is 1. The zero-order valence-corrected chi connectivity index (χ0v) is 7.15. The molecule has 0 aromatic carbocycles. The SMILES string of the molecule is O=C1CCC(C(F)(F)F)C(C(F)F)C1. The van der Waals surface area contributed by atoms with Crippen LogP contribution in [0.4, 0.5) is 22.0 Å². The number of Topliss-reactive ketones (excluding diaryl/α,β-unsaturated/α-hetero) is 1. The van der Waals surface area contributed by atoms with E-state index in [4.69, 9.17) is 0 Å². The van der Waals surface area contributed by atoms with Gasteiger partial charge in [-0.25, -0.2) is 8.78 Å². The Morgan fingerprint density at radius 3 is 2.29 bits per heavy atom. The van der Waals surface area contributed by atoms with Crippen LogP contribution >= 0.6 is 0 Å². The Hall–Kier alpha value is -0.680. The fourth-order valence-corrected chi connectivity index (χ4v) is 1.71. The molecule has 0 amide bonds. The summed E-state index contributed by atoms with van der Waals surface area (Å²) in [6, 6.07) is 0. The lowest BCUT2D eigenvalue weighted by atomic mass is 9.78. The van der Waals surface area contributed by atoms with E-state index >= 15 is 0 Å². The lowest BCUT2D eigenvalue weighted by molar-refractivity contribution is -0.209. The molecule has 0 spiro atoms. The molecule has 0 aliphatic heterocycles. The Kier molecular flexibility index (Phi) is 3.11. The molecule has 1 rings (SSSR count). The molecule has 2 atom stereocenters. The number of hydrogen-bond donors (Lipinski definition) is 0. The Bertz CT molecular complexity index is 222. The Morgan fingerprint density at radius 1 is 1.29 bits per heavy atom. The van der Waals surface area contributed by atoms with Crippen LogP contribution in [0.25, 0.3) is 0 Å². The maximum atomic E-state index is 12.2. The lowest BCUT2D eigenvalue weighted by Crippen LogP contribution is -2.39. The molecule has 0 heterocycles. The number of carbonyl (C=O) groups is 1. The first-order valence-corrected chi connectivity index (χ1v) is 4.19. The van der Waals surface area contributed by atoms with Crippen LogP contribution in [0.5, 0.6) is 0 Å². The van der Waals surface area contributed by atoms with E-state index in [0.717, 1.165) is 0 Å². The molecule has 1 aliphatic carbocycles. The maximum Gasteiger partial charge on any atom is 0.392 e. The summed E-state index contributed by atoms with van der Waals surface area (Å²) in [6.45, 7) is 0. The van der Waals surface area contributed by atoms with Gasteiger partial charge in [0.1, 0.15) is 5.78 Å². The van der Waals surface area contributed by atoms with Gasteiger partial charge in [0.2, 0.25) is 6.43 Å². The molecular weight excluding hydrogens is 207 g/mol. The standard InChI is InChI=1S/C8H9F5O/c9-7(10)5-3-4(14)1-2-6(5)8(11,12)13/h5-7H,1-3H2. The van der Waals surface area contributed by atoms with Gasteiger partial charge in [0.05, 0.1) is 5.92 Å². The van der Waals surface area contributed by atoms with Crippen molar-refractivity contribution in [3.63, 3.8) is 0 Å². The molecule has 0 aromatic heterocycles. The van der Waals surface area contributed by atoms with E-state index < -0.39 is 43.1 Å². The minimum absolute atomic E-state index is 0.243. The Balaban J connectivity index is 2.78. The fraction of sp³-hybridized carbons (Fsp3) is 0.875. The number of halogens is 5. The summed E-state index contributed by atoms with van der Waals surface area (Å²) in [5, 5.41) is 0. The van der Waals surface area contributed by atoms with Crippen LogP contribution in [0, 0.1) is 11.8 Å². The number of alkyl halides is 5. The van der Waals surface area contributed by atoms with Crippen molar-refractivity contribution in [3.05, 3.63) is 0 Å². The average molecular weight is 216 g/mol. The molecule has 14 heavy (non-hydrogen) atoms. The summed E-state index contributed by atoms with van der Waals surface area (Å²) in [6.07, 6.45) is -9.10. The van der Waals surface area contributed by atoms with Crippen molar-refractivity contribution in [1.29, 1.82) is 0 Å². The predicted molar refractivity (Wildman–Crippen MR) is 37.9 cm³/mol. The first-order chi connectivity index (χ1) is 6.32. The number of rotatable bonds is 1. The average Bonchev–Trinajstić information content (AvgIpc) is 2.01. The van der Waals surface area contributed by atoms with Crippen molar-refractivity contribution in [1.82, 2.24) is 0 Å². The van der Waals surface area contributed by atoms with Crippen LogP contribution in [0.2, 0.25) is 0 Å². The molecule has 0 saturated heterocycles. The Morgan fingerprint density at radius 2 is 1.86 bits per heavy atom. The van der Waals surface area contributed by atoms with Crippen LogP contribution in [-0.4, -0.2) is 18.4 Å². The van der Waals surface area contributed by atoms with E-state index in [1.165, 1.54) is 0 Å². The second-order valence-corrected chi connectivity index (χ2v) is 3.43. The number of carbonyl (C=O) groups excluding carboxylic acids is 1. The van der Waals surface area contributed by atoms with E-state index in [-0.39, 0.29) is 6.42 Å². The molecule has 2 unspecified atom stereocenters. The van der Waals surface area contributed by atoms with Crippen LogP contribution in [0.15, 0.2) is 0 Å². The third-order valence-electron chi connectivity index (χ3n) is 2.46. The van der Waals surface area contributed by atoms with E-state index in [9.17, 15) is 26.7 Å². The summed E-state index contributed by atoms with van der Waals surface area (Å²) >= 11 is 0. The van der Waals surface area contributed by atoms with Crippen LogP contribution < -0.4 is 0 Å². The van der Waals surface area contributed by atoms with Crippen molar-refractivity contribution >= 4 is 5.78 Å². The highest BCUT2D eigenvalue weighted by molar-refractivity contribution is 5.79. The first kappa shape index (κ1) is 11.4. The summed E-state index contributed by atoms with van der Waals surface area (Å²) < 4.78 is 61.1. The quantitative estimate of drug-likeness (QED) is 0.616. The van der Waals surface area contributed by atoms with Crippen LogP contribution in [0.3, 0.4) is 0 Å². The molecule has 1 aliphatic rings. The molecule has 6 heteroatoms. The van der Waals surface area contributed by atoms with Crippen LogP contribution in [-0.2, 0) is 4.79 Å². The van der Waals surface area contributed by atoms with Gasteiger partial charge in [-0.1, -0.05) is 0 Å². The molecular formula is C8H9F5O.